The summed E-state index contributed by atoms with van der Waals surface area (Å²) in [6.07, 6.45) is -8.77. The zero-order valence-corrected chi connectivity index (χ0v) is 22.9. The summed E-state index contributed by atoms with van der Waals surface area (Å²) in [4.78, 5) is 37.5. The summed E-state index contributed by atoms with van der Waals surface area (Å²) >= 11 is 6.22. The molecule has 2 aromatic carbocycles. The smallest absolute Gasteiger partial charge is 0.373 e. The second kappa shape index (κ2) is 11.0. The standard InChI is InChI=1S/C28H21ClF6N6O2/c1-36-23-17-5-4-16(11-20(17)40-22(41-23)15-3-7-21(37-13-15)27(30,31)32)39-24(42)18-10-14(2-6-19(18)29)12-38-25(43)26(8-9-26)28(33,34)35/h2-7,10-11,13H,8-9,12H2,1H3,(H,38,43)(H,39,42)(H,36,40,41). The first-order valence-corrected chi connectivity index (χ1v) is 13.1. The molecule has 0 radical (unpaired) electrons. The van der Waals surface area contributed by atoms with Crippen LogP contribution in [-0.4, -0.2) is 40.0 Å². The van der Waals surface area contributed by atoms with Gasteiger partial charge in [-0.25, -0.2) is 9.97 Å². The largest absolute Gasteiger partial charge is 0.433 e. The summed E-state index contributed by atoms with van der Waals surface area (Å²) in [5.74, 6) is -1.28. The molecule has 224 valence electrons. The van der Waals surface area contributed by atoms with Crippen molar-refractivity contribution in [2.45, 2.75) is 31.7 Å². The van der Waals surface area contributed by atoms with Crippen molar-refractivity contribution in [1.29, 1.82) is 0 Å². The van der Waals surface area contributed by atoms with E-state index in [2.05, 4.69) is 30.9 Å². The minimum absolute atomic E-state index is 0.0144. The van der Waals surface area contributed by atoms with Gasteiger partial charge in [-0.15, -0.1) is 0 Å². The molecule has 0 aliphatic heterocycles. The average molecular weight is 623 g/mol. The molecule has 2 amide bonds. The third-order valence-corrected chi connectivity index (χ3v) is 7.29. The van der Waals surface area contributed by atoms with Crippen molar-refractivity contribution in [2.75, 3.05) is 17.7 Å². The van der Waals surface area contributed by atoms with E-state index in [1.165, 1.54) is 30.3 Å². The number of alkyl halides is 6. The Bertz CT molecular complexity index is 1720. The molecule has 43 heavy (non-hydrogen) atoms. The number of nitrogens with zero attached hydrogens (tertiary/aromatic N) is 3. The van der Waals surface area contributed by atoms with Crippen LogP contribution >= 0.6 is 11.6 Å². The minimum Gasteiger partial charge on any atom is -0.373 e. The zero-order chi connectivity index (χ0) is 31.2. The molecule has 1 saturated carbocycles. The molecule has 0 unspecified atom stereocenters. The van der Waals surface area contributed by atoms with Gasteiger partial charge in [0.2, 0.25) is 5.91 Å². The number of benzene rings is 2. The monoisotopic (exact) mass is 622 g/mol. The van der Waals surface area contributed by atoms with Gasteiger partial charge in [0, 0.05) is 36.4 Å². The lowest BCUT2D eigenvalue weighted by molar-refractivity contribution is -0.192. The van der Waals surface area contributed by atoms with Crippen molar-refractivity contribution >= 4 is 45.8 Å². The van der Waals surface area contributed by atoms with Gasteiger partial charge in [-0.2, -0.15) is 26.3 Å². The van der Waals surface area contributed by atoms with Gasteiger partial charge in [0.25, 0.3) is 5.91 Å². The van der Waals surface area contributed by atoms with Gasteiger partial charge in [-0.3, -0.25) is 14.6 Å². The summed E-state index contributed by atoms with van der Waals surface area (Å²) in [6.45, 7) is -0.241. The van der Waals surface area contributed by atoms with Crippen LogP contribution < -0.4 is 16.0 Å². The molecule has 8 nitrogen and oxygen atoms in total. The summed E-state index contributed by atoms with van der Waals surface area (Å²) < 4.78 is 78.4. The molecule has 4 aromatic rings. The number of hydrogen-bond acceptors (Lipinski definition) is 6. The molecule has 1 fully saturated rings. The normalized spacial score (nSPS) is 14.3. The first-order valence-electron chi connectivity index (χ1n) is 12.7. The number of hydrogen-bond donors (Lipinski definition) is 3. The van der Waals surface area contributed by atoms with Crippen molar-refractivity contribution < 1.29 is 35.9 Å². The molecule has 0 saturated heterocycles. The van der Waals surface area contributed by atoms with Gasteiger partial charge < -0.3 is 16.0 Å². The Labute approximate surface area is 244 Å². The highest BCUT2D eigenvalue weighted by atomic mass is 35.5. The van der Waals surface area contributed by atoms with E-state index in [9.17, 15) is 35.9 Å². The quantitative estimate of drug-likeness (QED) is 0.200. The molecule has 0 bridgehead atoms. The highest BCUT2D eigenvalue weighted by molar-refractivity contribution is 6.34. The number of pyridine rings is 1. The molecule has 2 aromatic heterocycles. The number of halogens is 7. The van der Waals surface area contributed by atoms with E-state index in [-0.39, 0.29) is 41.4 Å². The molecule has 15 heteroatoms. The summed E-state index contributed by atoms with van der Waals surface area (Å²) in [5.41, 5.74) is -2.16. The van der Waals surface area contributed by atoms with Crippen LogP contribution in [0.3, 0.4) is 0 Å². The van der Waals surface area contributed by atoms with Crippen molar-refractivity contribution in [3.05, 3.63) is 76.6 Å². The van der Waals surface area contributed by atoms with Crippen molar-refractivity contribution in [3.8, 4) is 11.4 Å². The van der Waals surface area contributed by atoms with E-state index in [0.29, 0.717) is 28.0 Å². The van der Waals surface area contributed by atoms with Gasteiger partial charge in [0.05, 0.1) is 16.1 Å². The zero-order valence-electron chi connectivity index (χ0n) is 22.1. The van der Waals surface area contributed by atoms with Crippen LogP contribution in [0.2, 0.25) is 5.02 Å². The molecular formula is C28H21ClF6N6O2. The lowest BCUT2D eigenvalue weighted by Gasteiger charge is -2.18. The SMILES string of the molecule is CNc1nc(-c2ccc(C(F)(F)F)nc2)nc2cc(NC(=O)c3cc(CNC(=O)C4(C(F)(F)F)CC4)ccc3Cl)ccc12. The first-order chi connectivity index (χ1) is 20.2. The number of nitrogens with one attached hydrogen (secondary N) is 3. The molecule has 2 heterocycles. The van der Waals surface area contributed by atoms with Crippen LogP contribution in [-0.2, 0) is 17.5 Å². The van der Waals surface area contributed by atoms with Gasteiger partial charge >= 0.3 is 12.4 Å². The molecule has 5 rings (SSSR count). The average Bonchev–Trinajstić information content (AvgIpc) is 3.78. The number of anilines is 2. The number of carbonyl (C=O) groups is 2. The Hall–Kier alpha value is -4.46. The van der Waals surface area contributed by atoms with Gasteiger partial charge in [-0.05, 0) is 60.9 Å². The van der Waals surface area contributed by atoms with Crippen LogP contribution in [0.25, 0.3) is 22.3 Å². The minimum atomic E-state index is -4.64. The van der Waals surface area contributed by atoms with E-state index in [4.69, 9.17) is 11.6 Å². The number of amides is 2. The predicted molar refractivity (Wildman–Crippen MR) is 146 cm³/mol. The maximum Gasteiger partial charge on any atom is 0.433 e. The summed E-state index contributed by atoms with van der Waals surface area (Å²) in [6, 6.07) is 11.0. The molecule has 0 atom stereocenters. The lowest BCUT2D eigenvalue weighted by Crippen LogP contribution is -2.40. The number of aromatic nitrogens is 3. The molecular weight excluding hydrogens is 602 g/mol. The Morgan fingerprint density at radius 3 is 2.33 bits per heavy atom. The summed E-state index contributed by atoms with van der Waals surface area (Å²) in [7, 11) is 1.61. The maximum atomic E-state index is 13.2. The van der Waals surface area contributed by atoms with E-state index < -0.39 is 35.3 Å². The molecule has 1 aliphatic rings. The second-order valence-electron chi connectivity index (χ2n) is 9.84. The predicted octanol–water partition coefficient (Wildman–Crippen LogP) is 6.62. The van der Waals surface area contributed by atoms with Crippen LogP contribution in [0, 0.1) is 5.41 Å². The van der Waals surface area contributed by atoms with E-state index in [0.717, 1.165) is 12.3 Å². The Balaban J connectivity index is 1.36. The van der Waals surface area contributed by atoms with Crippen LogP contribution in [0.5, 0.6) is 0 Å². The van der Waals surface area contributed by atoms with Crippen LogP contribution in [0.15, 0.2) is 54.7 Å². The molecule has 3 N–H and O–H groups in total. The number of rotatable bonds is 7. The number of fused-ring (bicyclic) bond motifs is 1. The first kappa shape index (κ1) is 30.0. The van der Waals surface area contributed by atoms with Crippen molar-refractivity contribution in [2.24, 2.45) is 5.41 Å². The summed E-state index contributed by atoms with van der Waals surface area (Å²) in [5, 5.41) is 8.51. The van der Waals surface area contributed by atoms with Crippen molar-refractivity contribution in [3.63, 3.8) is 0 Å². The van der Waals surface area contributed by atoms with Crippen molar-refractivity contribution in [1.82, 2.24) is 20.3 Å². The second-order valence-corrected chi connectivity index (χ2v) is 10.2. The fraction of sp³-hybridized carbons (Fsp3) is 0.250. The number of carbonyl (C=O) groups excluding carboxylic acids is 2. The third-order valence-electron chi connectivity index (χ3n) is 6.96. The molecule has 0 spiro atoms. The van der Waals surface area contributed by atoms with Gasteiger partial charge in [-0.1, -0.05) is 17.7 Å². The van der Waals surface area contributed by atoms with Crippen LogP contribution in [0.1, 0.15) is 34.5 Å². The maximum absolute atomic E-state index is 13.2. The molecule has 1 aliphatic carbocycles. The third kappa shape index (κ3) is 6.05. The topological polar surface area (TPSA) is 109 Å². The van der Waals surface area contributed by atoms with E-state index in [1.807, 2.05) is 0 Å². The van der Waals surface area contributed by atoms with E-state index >= 15 is 0 Å². The highest BCUT2D eigenvalue weighted by Gasteiger charge is 2.68. The van der Waals surface area contributed by atoms with Gasteiger partial charge in [0.1, 0.15) is 16.9 Å². The van der Waals surface area contributed by atoms with E-state index in [1.54, 1.807) is 19.2 Å². The fourth-order valence-electron chi connectivity index (χ4n) is 4.39. The lowest BCUT2D eigenvalue weighted by atomic mass is 10.1. The van der Waals surface area contributed by atoms with Crippen LogP contribution in [0.4, 0.5) is 37.8 Å². The Morgan fingerprint density at radius 2 is 1.72 bits per heavy atom. The Morgan fingerprint density at radius 1 is 0.977 bits per heavy atom. The van der Waals surface area contributed by atoms with Gasteiger partial charge in [0.15, 0.2) is 5.82 Å². The Kier molecular flexibility index (Phi) is 7.67. The highest BCUT2D eigenvalue weighted by Crippen LogP contribution is 2.57. The fourth-order valence-corrected chi connectivity index (χ4v) is 4.59.